The van der Waals surface area contributed by atoms with Gasteiger partial charge in [-0.1, -0.05) is 24.0 Å². The molecule has 0 aliphatic heterocycles. The van der Waals surface area contributed by atoms with Crippen molar-refractivity contribution >= 4 is 0 Å². The highest BCUT2D eigenvalue weighted by Gasteiger charge is 2.61. The predicted molar refractivity (Wildman–Crippen MR) is 86.9 cm³/mol. The summed E-state index contributed by atoms with van der Waals surface area (Å²) in [6, 6.07) is 0. The number of rotatable bonds is 0. The fourth-order valence-corrected chi connectivity index (χ4v) is 6.44. The largest absolute Gasteiger partial charge is 0.393 e. The molecule has 4 aliphatic carbocycles. The smallest absolute Gasteiger partial charge is 0.130 e. The Balaban J connectivity index is 1.66. The summed E-state index contributed by atoms with van der Waals surface area (Å²) < 4.78 is 0. The van der Waals surface area contributed by atoms with Gasteiger partial charge in [0, 0.05) is 5.41 Å². The van der Waals surface area contributed by atoms with Gasteiger partial charge in [0.2, 0.25) is 0 Å². The van der Waals surface area contributed by atoms with Gasteiger partial charge in [-0.05, 0) is 75.5 Å². The molecule has 0 spiro atoms. The molecule has 0 heterocycles. The maximum Gasteiger partial charge on any atom is 0.130 e. The van der Waals surface area contributed by atoms with Crippen molar-refractivity contribution < 1.29 is 10.2 Å². The van der Waals surface area contributed by atoms with Gasteiger partial charge in [0.25, 0.3) is 0 Å². The molecule has 4 rings (SSSR count). The maximum atomic E-state index is 10.9. The zero-order valence-corrected chi connectivity index (χ0v) is 13.6. The summed E-state index contributed by atoms with van der Waals surface area (Å²) in [5.41, 5.74) is 2.27. The third kappa shape index (κ3) is 1.82. The molecule has 2 N–H and O–H groups in total. The van der Waals surface area contributed by atoms with Crippen molar-refractivity contribution in [2.24, 2.45) is 23.2 Å². The van der Waals surface area contributed by atoms with Gasteiger partial charge in [0.15, 0.2) is 0 Å². The minimum absolute atomic E-state index is 0.0881. The molecule has 0 aromatic carbocycles. The number of aliphatic hydroxyl groups is 2. The van der Waals surface area contributed by atoms with E-state index in [2.05, 4.69) is 12.8 Å². The van der Waals surface area contributed by atoms with Crippen molar-refractivity contribution in [3.8, 4) is 12.3 Å². The first-order chi connectivity index (χ1) is 10.5. The van der Waals surface area contributed by atoms with Gasteiger partial charge < -0.3 is 10.2 Å². The summed E-state index contributed by atoms with van der Waals surface area (Å²) in [6.45, 7) is 2.25. The summed E-state index contributed by atoms with van der Waals surface area (Å²) >= 11 is 0. The Morgan fingerprint density at radius 2 is 1.95 bits per heavy atom. The van der Waals surface area contributed by atoms with Crippen LogP contribution in [0.3, 0.4) is 0 Å². The monoisotopic (exact) mass is 300 g/mol. The second-order valence-corrected chi connectivity index (χ2v) is 8.44. The molecule has 4 aliphatic rings. The van der Waals surface area contributed by atoms with Crippen molar-refractivity contribution in [2.45, 2.75) is 76.4 Å². The van der Waals surface area contributed by atoms with E-state index in [9.17, 15) is 10.2 Å². The van der Waals surface area contributed by atoms with Gasteiger partial charge in [0.1, 0.15) is 5.60 Å². The van der Waals surface area contributed by atoms with E-state index in [1.807, 2.05) is 0 Å². The number of hydrogen-bond acceptors (Lipinski definition) is 2. The first-order valence-electron chi connectivity index (χ1n) is 9.07. The standard InChI is InChI=1S/C20H28O2/c1-3-20(22)11-9-18-17-6-4-13-12-14(21)5-7-15(13)16(17)8-10-19(18,20)2/h1,14,16-18,21-22H,4-12H2,2H3/t14-,16-,17-,18+,19+,20+/m1/s1. The maximum absolute atomic E-state index is 10.9. The molecule has 2 nitrogen and oxygen atoms in total. The minimum atomic E-state index is -0.889. The molecule has 0 saturated heterocycles. The molecular formula is C20H28O2. The normalized spacial score (nSPS) is 50.8. The highest BCUT2D eigenvalue weighted by atomic mass is 16.3. The summed E-state index contributed by atoms with van der Waals surface area (Å²) in [5.74, 6) is 4.73. The van der Waals surface area contributed by atoms with Crippen LogP contribution < -0.4 is 0 Å². The molecule has 0 radical (unpaired) electrons. The zero-order valence-electron chi connectivity index (χ0n) is 13.6. The van der Waals surface area contributed by atoms with E-state index in [1.54, 1.807) is 11.1 Å². The summed E-state index contributed by atoms with van der Waals surface area (Å²) in [6.07, 6.45) is 15.0. The molecule has 0 bridgehead atoms. The van der Waals surface area contributed by atoms with Gasteiger partial charge in [-0.2, -0.15) is 0 Å². The number of aliphatic hydroxyl groups excluding tert-OH is 1. The van der Waals surface area contributed by atoms with E-state index in [1.165, 1.54) is 12.8 Å². The second kappa shape index (κ2) is 4.86. The highest BCUT2D eigenvalue weighted by molar-refractivity contribution is 5.30. The quantitative estimate of drug-likeness (QED) is 0.531. The summed E-state index contributed by atoms with van der Waals surface area (Å²) in [4.78, 5) is 0. The van der Waals surface area contributed by atoms with Crippen LogP contribution in [0.1, 0.15) is 64.7 Å². The number of fused-ring (bicyclic) bond motifs is 4. The van der Waals surface area contributed by atoms with Crippen LogP contribution in [-0.2, 0) is 0 Å². The first-order valence-corrected chi connectivity index (χ1v) is 9.07. The topological polar surface area (TPSA) is 40.5 Å². The predicted octanol–water partition coefficient (Wildman–Crippen LogP) is 3.43. The lowest BCUT2D eigenvalue weighted by molar-refractivity contribution is -0.0714. The van der Waals surface area contributed by atoms with Crippen LogP contribution in [0.25, 0.3) is 0 Å². The SMILES string of the molecule is C#C[C@]1(O)CC[C@H]2[C@@H]3CCC4=C(CC[C@@H](O)C4)[C@H]3CC[C@@]21C. The van der Waals surface area contributed by atoms with Gasteiger partial charge in [-0.3, -0.25) is 0 Å². The molecule has 2 saturated carbocycles. The van der Waals surface area contributed by atoms with Crippen molar-refractivity contribution in [1.82, 2.24) is 0 Å². The molecule has 2 fully saturated rings. The molecule has 0 amide bonds. The van der Waals surface area contributed by atoms with Crippen LogP contribution in [0.2, 0.25) is 0 Å². The van der Waals surface area contributed by atoms with Crippen molar-refractivity contribution in [2.75, 3.05) is 0 Å². The Morgan fingerprint density at radius 1 is 1.14 bits per heavy atom. The van der Waals surface area contributed by atoms with E-state index >= 15 is 0 Å². The van der Waals surface area contributed by atoms with E-state index < -0.39 is 5.60 Å². The molecule has 22 heavy (non-hydrogen) atoms. The molecule has 0 aromatic heterocycles. The van der Waals surface area contributed by atoms with E-state index in [4.69, 9.17) is 6.42 Å². The lowest BCUT2D eigenvalue weighted by Crippen LogP contribution is -2.50. The summed E-state index contributed by atoms with van der Waals surface area (Å²) in [7, 11) is 0. The second-order valence-electron chi connectivity index (χ2n) is 8.44. The van der Waals surface area contributed by atoms with Crippen LogP contribution in [0.15, 0.2) is 11.1 Å². The third-order valence-electron chi connectivity index (χ3n) is 7.74. The average Bonchev–Trinajstić information content (AvgIpc) is 2.79. The third-order valence-corrected chi connectivity index (χ3v) is 7.74. The molecular weight excluding hydrogens is 272 g/mol. The molecule has 0 unspecified atom stereocenters. The van der Waals surface area contributed by atoms with Crippen LogP contribution in [0.5, 0.6) is 0 Å². The number of allylic oxidation sites excluding steroid dienone is 1. The van der Waals surface area contributed by atoms with Crippen LogP contribution in [0.4, 0.5) is 0 Å². The van der Waals surface area contributed by atoms with Crippen molar-refractivity contribution in [3.63, 3.8) is 0 Å². The molecule has 0 aromatic rings. The van der Waals surface area contributed by atoms with Gasteiger partial charge in [-0.25, -0.2) is 0 Å². The van der Waals surface area contributed by atoms with Crippen molar-refractivity contribution in [3.05, 3.63) is 11.1 Å². The minimum Gasteiger partial charge on any atom is -0.393 e. The van der Waals surface area contributed by atoms with Crippen LogP contribution >= 0.6 is 0 Å². The van der Waals surface area contributed by atoms with E-state index in [0.29, 0.717) is 17.8 Å². The van der Waals surface area contributed by atoms with Gasteiger partial charge >= 0.3 is 0 Å². The fraction of sp³-hybridized carbons (Fsp3) is 0.800. The Kier molecular flexibility index (Phi) is 3.26. The van der Waals surface area contributed by atoms with E-state index in [0.717, 1.165) is 44.9 Å². The molecule has 120 valence electrons. The lowest BCUT2D eigenvalue weighted by atomic mass is 9.52. The Labute approximate surface area is 134 Å². The Morgan fingerprint density at radius 3 is 2.73 bits per heavy atom. The fourth-order valence-electron chi connectivity index (χ4n) is 6.44. The zero-order chi connectivity index (χ0) is 15.5. The molecule has 6 atom stereocenters. The highest BCUT2D eigenvalue weighted by Crippen LogP contribution is 2.64. The Hall–Kier alpha value is -0.780. The first kappa shape index (κ1) is 14.8. The summed E-state index contributed by atoms with van der Waals surface area (Å²) in [5, 5.41) is 20.9. The Bertz CT molecular complexity index is 557. The number of hydrogen-bond donors (Lipinski definition) is 2. The van der Waals surface area contributed by atoms with Crippen molar-refractivity contribution in [1.29, 1.82) is 0 Å². The molecule has 2 heteroatoms. The lowest BCUT2D eigenvalue weighted by Gasteiger charge is -2.53. The van der Waals surface area contributed by atoms with E-state index in [-0.39, 0.29) is 11.5 Å². The van der Waals surface area contributed by atoms with Gasteiger partial charge in [-0.15, -0.1) is 6.42 Å². The number of terminal acetylenes is 1. The van der Waals surface area contributed by atoms with Crippen LogP contribution in [0, 0.1) is 35.5 Å². The van der Waals surface area contributed by atoms with Gasteiger partial charge in [0.05, 0.1) is 6.10 Å². The van der Waals surface area contributed by atoms with Crippen LogP contribution in [-0.4, -0.2) is 21.9 Å². The average molecular weight is 300 g/mol.